The summed E-state index contributed by atoms with van der Waals surface area (Å²) in [4.78, 5) is 16.5. The zero-order chi connectivity index (χ0) is 24.3. The van der Waals surface area contributed by atoms with Gasteiger partial charge in [-0.2, -0.15) is 0 Å². The molecule has 0 saturated heterocycles. The number of carbonyl (C=O) groups is 1. The molecule has 4 rings (SSSR count). The molecule has 2 aromatic heterocycles. The molecule has 0 unspecified atom stereocenters. The van der Waals surface area contributed by atoms with Gasteiger partial charge in [-0.05, 0) is 47.9 Å². The average Bonchev–Trinajstić information content (AvgIpc) is 3.29. The Morgan fingerprint density at radius 3 is 2.59 bits per heavy atom. The summed E-state index contributed by atoms with van der Waals surface area (Å²) < 4.78 is 47.4. The maximum Gasteiger partial charge on any atom is 0.253 e. The first kappa shape index (κ1) is 23.4. The number of ether oxygens (including phenoxy) is 1. The number of sulfone groups is 1. The van der Waals surface area contributed by atoms with E-state index >= 15 is 0 Å². The smallest absolute Gasteiger partial charge is 0.253 e. The Labute approximate surface area is 197 Å². The Bertz CT molecular complexity index is 1430. The van der Waals surface area contributed by atoms with E-state index in [2.05, 4.69) is 10.3 Å². The largest absolute Gasteiger partial charge is 0.493 e. The van der Waals surface area contributed by atoms with Gasteiger partial charge in [-0.15, -0.1) is 0 Å². The quantitative estimate of drug-likeness (QED) is 0.406. The van der Waals surface area contributed by atoms with E-state index in [1.807, 2.05) is 13.8 Å². The third kappa shape index (κ3) is 5.26. The van der Waals surface area contributed by atoms with Crippen LogP contribution in [0.25, 0.3) is 5.65 Å². The fourth-order valence-electron chi connectivity index (χ4n) is 3.30. The number of hydrogen-bond donors (Lipinski definition) is 1. The number of pyridine rings is 1. The number of nitrogens with zero attached hydrogens (tertiary/aromatic N) is 2. The van der Waals surface area contributed by atoms with Crippen molar-refractivity contribution in [2.75, 3.05) is 6.61 Å². The minimum absolute atomic E-state index is 0.0218. The number of imidazole rings is 1. The minimum atomic E-state index is -3.94. The number of carbonyl (C=O) groups excluding carboxylic acids is 1. The molecule has 0 fully saturated rings. The lowest BCUT2D eigenvalue weighted by molar-refractivity contribution is 0.0950. The van der Waals surface area contributed by atoms with Crippen LogP contribution in [0.3, 0.4) is 0 Å². The lowest BCUT2D eigenvalue weighted by Gasteiger charge is -2.11. The topological polar surface area (TPSA) is 89.8 Å². The molecule has 34 heavy (non-hydrogen) atoms. The van der Waals surface area contributed by atoms with Crippen LogP contribution < -0.4 is 10.1 Å². The van der Waals surface area contributed by atoms with Crippen LogP contribution >= 0.6 is 0 Å². The van der Waals surface area contributed by atoms with Gasteiger partial charge in [0.25, 0.3) is 5.91 Å². The van der Waals surface area contributed by atoms with E-state index in [-0.39, 0.29) is 33.9 Å². The van der Waals surface area contributed by atoms with E-state index < -0.39 is 15.7 Å². The second kappa shape index (κ2) is 9.64. The van der Waals surface area contributed by atoms with Crippen LogP contribution in [0.1, 0.15) is 29.8 Å². The molecule has 0 spiro atoms. The number of benzene rings is 2. The lowest BCUT2D eigenvalue weighted by Crippen LogP contribution is -2.23. The van der Waals surface area contributed by atoms with Gasteiger partial charge in [0.05, 0.1) is 22.0 Å². The van der Waals surface area contributed by atoms with Crippen LogP contribution in [0.5, 0.6) is 5.75 Å². The van der Waals surface area contributed by atoms with Gasteiger partial charge in [-0.25, -0.2) is 17.8 Å². The maximum absolute atomic E-state index is 14.1. The van der Waals surface area contributed by atoms with Gasteiger partial charge in [0.1, 0.15) is 17.2 Å². The third-order valence-corrected chi connectivity index (χ3v) is 6.83. The molecule has 7 nitrogen and oxygen atoms in total. The van der Waals surface area contributed by atoms with E-state index in [0.29, 0.717) is 12.2 Å². The van der Waals surface area contributed by atoms with Crippen LogP contribution in [0.4, 0.5) is 4.39 Å². The summed E-state index contributed by atoms with van der Waals surface area (Å²) in [6.07, 6.45) is 5.09. The highest BCUT2D eigenvalue weighted by Gasteiger charge is 2.20. The fraction of sp³-hybridized carbons (Fsp3) is 0.200. The number of halogens is 1. The number of fused-ring (bicyclic) bond motifs is 1. The standard InChI is InChI=1S/C25H24FN3O4S/c1-17(2)16-33-21-11-20(26)12-23(13-21)34(31,32)22-6-3-18(4-7-22)14-28-25(30)19-5-8-24-27-9-10-29(24)15-19/h3-13,15,17H,14,16H2,1-2H3,(H,28,30). The minimum Gasteiger partial charge on any atom is -0.493 e. The second-order valence-corrected chi connectivity index (χ2v) is 10.2. The van der Waals surface area contributed by atoms with Crippen molar-refractivity contribution >= 4 is 21.4 Å². The van der Waals surface area contributed by atoms with Crippen molar-refractivity contribution in [1.82, 2.24) is 14.7 Å². The molecule has 0 atom stereocenters. The number of amides is 1. The van der Waals surface area contributed by atoms with Crippen molar-refractivity contribution in [3.63, 3.8) is 0 Å². The molecule has 0 aliphatic rings. The summed E-state index contributed by atoms with van der Waals surface area (Å²) in [7, 11) is -3.94. The highest BCUT2D eigenvalue weighted by Crippen LogP contribution is 2.26. The Morgan fingerprint density at radius 1 is 1.09 bits per heavy atom. The van der Waals surface area contributed by atoms with E-state index in [0.717, 1.165) is 23.3 Å². The predicted molar refractivity (Wildman–Crippen MR) is 125 cm³/mol. The molecule has 4 aromatic rings. The Balaban J connectivity index is 1.45. The van der Waals surface area contributed by atoms with Crippen molar-refractivity contribution in [3.05, 3.63) is 90.1 Å². The summed E-state index contributed by atoms with van der Waals surface area (Å²) >= 11 is 0. The highest BCUT2D eigenvalue weighted by atomic mass is 32.2. The van der Waals surface area contributed by atoms with Crippen molar-refractivity contribution in [1.29, 1.82) is 0 Å². The molecule has 0 saturated carbocycles. The predicted octanol–water partition coefficient (Wildman–Crippen LogP) is 4.27. The molecule has 9 heteroatoms. The summed E-state index contributed by atoms with van der Waals surface area (Å²) in [5, 5.41) is 2.81. The van der Waals surface area contributed by atoms with Gasteiger partial charge in [-0.3, -0.25) is 4.79 Å². The lowest BCUT2D eigenvalue weighted by atomic mass is 10.2. The summed E-state index contributed by atoms with van der Waals surface area (Å²) in [6, 6.07) is 13.0. The van der Waals surface area contributed by atoms with Crippen molar-refractivity contribution < 1.29 is 22.3 Å². The van der Waals surface area contributed by atoms with Crippen LogP contribution in [-0.4, -0.2) is 30.3 Å². The van der Waals surface area contributed by atoms with Gasteiger partial charge in [0, 0.05) is 31.2 Å². The van der Waals surface area contributed by atoms with Crippen LogP contribution in [-0.2, 0) is 16.4 Å². The molecule has 2 aromatic carbocycles. The Morgan fingerprint density at radius 2 is 1.85 bits per heavy atom. The van der Waals surface area contributed by atoms with E-state index in [1.165, 1.54) is 18.2 Å². The Hall–Kier alpha value is -3.72. The van der Waals surface area contributed by atoms with Gasteiger partial charge in [0.15, 0.2) is 0 Å². The zero-order valence-corrected chi connectivity index (χ0v) is 19.5. The van der Waals surface area contributed by atoms with Crippen molar-refractivity contribution in [2.45, 2.75) is 30.2 Å². The fourth-order valence-corrected chi connectivity index (χ4v) is 4.61. The first-order chi connectivity index (χ1) is 16.2. The van der Waals surface area contributed by atoms with E-state index in [4.69, 9.17) is 4.74 Å². The highest BCUT2D eigenvalue weighted by molar-refractivity contribution is 7.91. The normalized spacial score (nSPS) is 11.6. The SMILES string of the molecule is CC(C)COc1cc(F)cc(S(=O)(=O)c2ccc(CNC(=O)c3ccc4nccn4c3)cc2)c1. The number of hydrogen-bond acceptors (Lipinski definition) is 5. The summed E-state index contributed by atoms with van der Waals surface area (Å²) in [5.41, 5.74) is 1.94. The molecule has 0 aliphatic heterocycles. The first-order valence-corrected chi connectivity index (χ1v) is 12.2. The zero-order valence-electron chi connectivity index (χ0n) is 18.7. The van der Waals surface area contributed by atoms with Crippen molar-refractivity contribution in [2.24, 2.45) is 5.92 Å². The van der Waals surface area contributed by atoms with Crippen LogP contribution in [0.15, 0.2) is 83.0 Å². The molecular formula is C25H24FN3O4S. The van der Waals surface area contributed by atoms with Gasteiger partial charge in [0.2, 0.25) is 9.84 Å². The van der Waals surface area contributed by atoms with E-state index in [9.17, 15) is 17.6 Å². The summed E-state index contributed by atoms with van der Waals surface area (Å²) in [5.74, 6) is -0.570. The van der Waals surface area contributed by atoms with Crippen molar-refractivity contribution in [3.8, 4) is 5.75 Å². The van der Waals surface area contributed by atoms with Crippen LogP contribution in [0.2, 0.25) is 0 Å². The monoisotopic (exact) mass is 481 g/mol. The average molecular weight is 482 g/mol. The molecule has 0 radical (unpaired) electrons. The number of nitrogens with one attached hydrogen (secondary N) is 1. The molecular weight excluding hydrogens is 457 g/mol. The van der Waals surface area contributed by atoms with E-state index in [1.54, 1.807) is 47.3 Å². The molecule has 176 valence electrons. The second-order valence-electron chi connectivity index (χ2n) is 8.27. The Kier molecular flexibility index (Phi) is 6.65. The van der Waals surface area contributed by atoms with Gasteiger partial charge >= 0.3 is 0 Å². The molecule has 1 N–H and O–H groups in total. The number of aromatic nitrogens is 2. The number of rotatable bonds is 8. The van der Waals surface area contributed by atoms with Gasteiger partial charge in [-0.1, -0.05) is 26.0 Å². The molecule has 2 heterocycles. The summed E-state index contributed by atoms with van der Waals surface area (Å²) in [6.45, 7) is 4.45. The molecule has 0 bridgehead atoms. The molecule has 1 amide bonds. The van der Waals surface area contributed by atoms with Gasteiger partial charge < -0.3 is 14.5 Å². The first-order valence-electron chi connectivity index (χ1n) is 10.7. The maximum atomic E-state index is 14.1. The molecule has 0 aliphatic carbocycles. The third-order valence-electron chi connectivity index (χ3n) is 5.08. The van der Waals surface area contributed by atoms with Crippen LogP contribution in [0, 0.1) is 11.7 Å².